The van der Waals surface area contributed by atoms with Gasteiger partial charge in [-0.05, 0) is 44.3 Å². The molecule has 5 nitrogen and oxygen atoms in total. The van der Waals surface area contributed by atoms with Crippen molar-refractivity contribution in [3.05, 3.63) is 23.8 Å². The van der Waals surface area contributed by atoms with E-state index in [0.717, 1.165) is 26.1 Å². The molecule has 0 unspecified atom stereocenters. The molecule has 0 radical (unpaired) electrons. The van der Waals surface area contributed by atoms with Crippen LogP contribution in [0.3, 0.4) is 0 Å². The molecule has 0 aliphatic carbocycles. The molecule has 1 aromatic rings. The van der Waals surface area contributed by atoms with Gasteiger partial charge in [0.2, 0.25) is 0 Å². The first-order valence-electron chi connectivity index (χ1n) is 6.74. The Kier molecular flexibility index (Phi) is 16.3. The van der Waals surface area contributed by atoms with Gasteiger partial charge in [0.05, 0.1) is 5.56 Å². The topological polar surface area (TPSA) is 84.4 Å². The van der Waals surface area contributed by atoms with Gasteiger partial charge in [0.25, 0.3) is 5.91 Å². The third-order valence-corrected chi connectivity index (χ3v) is 3.15. The van der Waals surface area contributed by atoms with Gasteiger partial charge in [-0.2, -0.15) is 0 Å². The van der Waals surface area contributed by atoms with Crippen LogP contribution >= 0.6 is 37.2 Å². The molecule has 1 amide bonds. The summed E-state index contributed by atoms with van der Waals surface area (Å²) >= 11 is 0. The largest absolute Gasteiger partial charge is 0.399 e. The molecule has 0 heterocycles. The van der Waals surface area contributed by atoms with Gasteiger partial charge in [-0.15, -0.1) is 37.2 Å². The maximum atomic E-state index is 11.9. The number of carbonyl (C=O) groups excluding carboxylic acids is 1. The standard InChI is InChI=1S/C14H24N4O.3ClH/c1-3-18(4-2)9-5-8-17-14(19)12-7-6-11(15)10-13(12)16;;;/h6-7,10H,3-5,8-9,15-16H2,1-2H3,(H,17,19);3*1H. The maximum Gasteiger partial charge on any atom is 0.253 e. The molecule has 0 aliphatic rings. The zero-order valence-electron chi connectivity index (χ0n) is 13.0. The van der Waals surface area contributed by atoms with Crippen molar-refractivity contribution in [3.8, 4) is 0 Å². The third kappa shape index (κ3) is 8.54. The lowest BCUT2D eigenvalue weighted by Crippen LogP contribution is -2.30. The number of benzene rings is 1. The fourth-order valence-corrected chi connectivity index (χ4v) is 1.93. The molecule has 0 bridgehead atoms. The first-order valence-corrected chi connectivity index (χ1v) is 6.74. The Balaban J connectivity index is -0.00000120. The fraction of sp³-hybridized carbons (Fsp3) is 0.500. The molecule has 130 valence electrons. The van der Waals surface area contributed by atoms with Gasteiger partial charge in [-0.25, -0.2) is 0 Å². The summed E-state index contributed by atoms with van der Waals surface area (Å²) in [6, 6.07) is 4.94. The quantitative estimate of drug-likeness (QED) is 0.506. The highest BCUT2D eigenvalue weighted by atomic mass is 35.5. The summed E-state index contributed by atoms with van der Waals surface area (Å²) in [5.41, 5.74) is 12.8. The number of carbonyl (C=O) groups is 1. The molecule has 22 heavy (non-hydrogen) atoms. The average molecular weight is 374 g/mol. The third-order valence-electron chi connectivity index (χ3n) is 3.15. The molecule has 0 fully saturated rings. The second-order valence-corrected chi connectivity index (χ2v) is 4.48. The van der Waals surface area contributed by atoms with Crippen LogP contribution in [-0.2, 0) is 0 Å². The Hall–Kier alpha value is -0.880. The predicted molar refractivity (Wildman–Crippen MR) is 102 cm³/mol. The number of hydrogen-bond donors (Lipinski definition) is 3. The van der Waals surface area contributed by atoms with Crippen LogP contribution in [0.5, 0.6) is 0 Å². The number of amides is 1. The molecule has 0 aliphatic heterocycles. The number of nitrogens with zero attached hydrogens (tertiary/aromatic N) is 1. The number of rotatable bonds is 7. The molecule has 5 N–H and O–H groups in total. The van der Waals surface area contributed by atoms with Crippen LogP contribution in [0.25, 0.3) is 0 Å². The van der Waals surface area contributed by atoms with E-state index in [1.165, 1.54) is 0 Å². The lowest BCUT2D eigenvalue weighted by molar-refractivity contribution is 0.0953. The number of nitrogens with two attached hydrogens (primary N) is 2. The summed E-state index contributed by atoms with van der Waals surface area (Å²) in [5.74, 6) is -0.142. The summed E-state index contributed by atoms with van der Waals surface area (Å²) in [7, 11) is 0. The van der Waals surface area contributed by atoms with Crippen molar-refractivity contribution in [2.75, 3.05) is 37.6 Å². The van der Waals surface area contributed by atoms with Crippen LogP contribution in [0.4, 0.5) is 11.4 Å². The first kappa shape index (κ1) is 26.0. The lowest BCUT2D eigenvalue weighted by Gasteiger charge is -2.17. The highest BCUT2D eigenvalue weighted by Crippen LogP contribution is 2.15. The van der Waals surface area contributed by atoms with Crippen molar-refractivity contribution in [1.29, 1.82) is 0 Å². The van der Waals surface area contributed by atoms with E-state index < -0.39 is 0 Å². The minimum atomic E-state index is -0.142. The monoisotopic (exact) mass is 372 g/mol. The highest BCUT2D eigenvalue weighted by Gasteiger charge is 2.09. The molecule has 8 heteroatoms. The van der Waals surface area contributed by atoms with E-state index in [2.05, 4.69) is 24.1 Å². The summed E-state index contributed by atoms with van der Waals surface area (Å²) in [6.45, 7) is 7.99. The normalized spacial score (nSPS) is 9.23. The summed E-state index contributed by atoms with van der Waals surface area (Å²) in [4.78, 5) is 14.2. The maximum absolute atomic E-state index is 11.9. The van der Waals surface area contributed by atoms with Gasteiger partial charge < -0.3 is 21.7 Å². The van der Waals surface area contributed by atoms with Crippen LogP contribution in [0.2, 0.25) is 0 Å². The number of anilines is 2. The molecule has 0 spiro atoms. The van der Waals surface area contributed by atoms with Crippen LogP contribution in [0.15, 0.2) is 18.2 Å². The second-order valence-electron chi connectivity index (χ2n) is 4.48. The van der Waals surface area contributed by atoms with Crippen LogP contribution in [-0.4, -0.2) is 37.0 Å². The Labute approximate surface area is 151 Å². The van der Waals surface area contributed by atoms with Crippen molar-refractivity contribution in [2.24, 2.45) is 0 Å². The summed E-state index contributed by atoms with van der Waals surface area (Å²) in [6.07, 6.45) is 0.933. The molecule has 1 rings (SSSR count). The average Bonchev–Trinajstić information content (AvgIpc) is 2.38. The predicted octanol–water partition coefficient (Wildman–Crippen LogP) is 2.58. The molecule has 0 aromatic heterocycles. The number of hydrogen-bond acceptors (Lipinski definition) is 4. The van der Waals surface area contributed by atoms with Crippen molar-refractivity contribution in [1.82, 2.24) is 10.2 Å². The van der Waals surface area contributed by atoms with Gasteiger partial charge in [0.1, 0.15) is 0 Å². The Bertz CT molecular complexity index is 429. The van der Waals surface area contributed by atoms with Crippen LogP contribution in [0.1, 0.15) is 30.6 Å². The number of nitrogen functional groups attached to an aromatic ring is 2. The minimum Gasteiger partial charge on any atom is -0.399 e. The van der Waals surface area contributed by atoms with Gasteiger partial charge >= 0.3 is 0 Å². The van der Waals surface area contributed by atoms with Crippen molar-refractivity contribution < 1.29 is 4.79 Å². The van der Waals surface area contributed by atoms with Crippen molar-refractivity contribution in [3.63, 3.8) is 0 Å². The second kappa shape index (κ2) is 13.8. The minimum absolute atomic E-state index is 0. The molecule has 0 saturated heterocycles. The van der Waals surface area contributed by atoms with Gasteiger partial charge in [-0.1, -0.05) is 13.8 Å². The van der Waals surface area contributed by atoms with Gasteiger partial charge in [0, 0.05) is 17.9 Å². The van der Waals surface area contributed by atoms with E-state index in [1.54, 1.807) is 18.2 Å². The SMILES string of the molecule is CCN(CC)CCCNC(=O)c1ccc(N)cc1N.Cl.Cl.Cl. The number of halogens is 3. The van der Waals surface area contributed by atoms with E-state index >= 15 is 0 Å². The molecule has 1 aromatic carbocycles. The Morgan fingerprint density at radius 1 is 1.14 bits per heavy atom. The summed E-state index contributed by atoms with van der Waals surface area (Å²) in [5, 5.41) is 2.88. The van der Waals surface area contributed by atoms with Crippen molar-refractivity contribution in [2.45, 2.75) is 20.3 Å². The molecular weight excluding hydrogens is 347 g/mol. The fourth-order valence-electron chi connectivity index (χ4n) is 1.93. The lowest BCUT2D eigenvalue weighted by atomic mass is 10.1. The van der Waals surface area contributed by atoms with Crippen molar-refractivity contribution >= 4 is 54.5 Å². The highest BCUT2D eigenvalue weighted by molar-refractivity contribution is 5.99. The molecule has 0 saturated carbocycles. The van der Waals surface area contributed by atoms with Crippen LogP contribution < -0.4 is 16.8 Å². The summed E-state index contributed by atoms with van der Waals surface area (Å²) < 4.78 is 0. The zero-order chi connectivity index (χ0) is 14.3. The van der Waals surface area contributed by atoms with E-state index in [0.29, 0.717) is 23.5 Å². The number of nitrogens with one attached hydrogen (secondary N) is 1. The van der Waals surface area contributed by atoms with Crippen LogP contribution in [0, 0.1) is 0 Å². The Morgan fingerprint density at radius 3 is 2.23 bits per heavy atom. The van der Waals surface area contributed by atoms with E-state index in [9.17, 15) is 4.79 Å². The molecule has 0 atom stereocenters. The molecular formula is C14H27Cl3N4O. The van der Waals surface area contributed by atoms with E-state index in [1.807, 2.05) is 0 Å². The van der Waals surface area contributed by atoms with E-state index in [-0.39, 0.29) is 43.1 Å². The zero-order valence-corrected chi connectivity index (χ0v) is 15.5. The first-order chi connectivity index (χ1) is 9.08. The smallest absolute Gasteiger partial charge is 0.253 e. The Morgan fingerprint density at radius 2 is 1.73 bits per heavy atom. The van der Waals surface area contributed by atoms with Gasteiger partial charge in [-0.3, -0.25) is 4.79 Å². The van der Waals surface area contributed by atoms with E-state index in [4.69, 9.17) is 11.5 Å². The van der Waals surface area contributed by atoms with Gasteiger partial charge in [0.15, 0.2) is 0 Å².